The standard InChI is InChI=1S/C9H14N2S/c1-7-6-12-11-8(7)9(10)4-2-3-5-9/h6H,2-5,10H2,1H3. The molecule has 66 valence electrons. The van der Waals surface area contributed by atoms with E-state index in [9.17, 15) is 0 Å². The number of hydrogen-bond donors (Lipinski definition) is 1. The molecule has 12 heavy (non-hydrogen) atoms. The number of aromatic nitrogens is 1. The van der Waals surface area contributed by atoms with Crippen molar-refractivity contribution in [3.8, 4) is 0 Å². The zero-order valence-corrected chi connectivity index (χ0v) is 8.16. The SMILES string of the molecule is Cc1csnc1C1(N)CCCC1. The van der Waals surface area contributed by atoms with Crippen LogP contribution in [0, 0.1) is 6.92 Å². The lowest BCUT2D eigenvalue weighted by Crippen LogP contribution is -2.34. The van der Waals surface area contributed by atoms with Crippen LogP contribution < -0.4 is 5.73 Å². The fourth-order valence-electron chi connectivity index (χ4n) is 2.01. The van der Waals surface area contributed by atoms with Crippen molar-refractivity contribution in [2.45, 2.75) is 38.1 Å². The molecule has 0 aromatic carbocycles. The second kappa shape index (κ2) is 2.82. The van der Waals surface area contributed by atoms with Crippen LogP contribution in [-0.2, 0) is 5.54 Å². The van der Waals surface area contributed by atoms with E-state index in [1.807, 2.05) is 0 Å². The third-order valence-corrected chi connectivity index (χ3v) is 3.46. The summed E-state index contributed by atoms with van der Waals surface area (Å²) in [4.78, 5) is 0. The van der Waals surface area contributed by atoms with E-state index in [4.69, 9.17) is 5.73 Å². The zero-order chi connectivity index (χ0) is 8.60. The van der Waals surface area contributed by atoms with Crippen molar-refractivity contribution < 1.29 is 0 Å². The van der Waals surface area contributed by atoms with Crippen LogP contribution >= 0.6 is 11.5 Å². The molecular weight excluding hydrogens is 168 g/mol. The van der Waals surface area contributed by atoms with Gasteiger partial charge in [-0.3, -0.25) is 0 Å². The number of nitrogens with zero attached hydrogens (tertiary/aromatic N) is 1. The Bertz CT molecular complexity index is 274. The topological polar surface area (TPSA) is 38.9 Å². The number of nitrogens with two attached hydrogens (primary N) is 1. The molecule has 0 saturated heterocycles. The quantitative estimate of drug-likeness (QED) is 0.723. The van der Waals surface area contributed by atoms with Crippen molar-refractivity contribution in [2.24, 2.45) is 5.73 Å². The molecule has 1 fully saturated rings. The molecule has 0 amide bonds. The summed E-state index contributed by atoms with van der Waals surface area (Å²) >= 11 is 1.52. The average molecular weight is 182 g/mol. The number of hydrogen-bond acceptors (Lipinski definition) is 3. The van der Waals surface area contributed by atoms with Crippen LogP contribution in [-0.4, -0.2) is 4.37 Å². The Hall–Kier alpha value is -0.410. The van der Waals surface area contributed by atoms with E-state index in [-0.39, 0.29) is 5.54 Å². The maximum absolute atomic E-state index is 6.27. The molecule has 2 N–H and O–H groups in total. The first-order valence-corrected chi connectivity index (χ1v) is 5.26. The second-order valence-electron chi connectivity index (χ2n) is 3.71. The van der Waals surface area contributed by atoms with Crippen LogP contribution in [0.4, 0.5) is 0 Å². The van der Waals surface area contributed by atoms with Gasteiger partial charge >= 0.3 is 0 Å². The van der Waals surface area contributed by atoms with Gasteiger partial charge in [0, 0.05) is 5.38 Å². The molecule has 3 heteroatoms. The largest absolute Gasteiger partial charge is 0.320 e. The van der Waals surface area contributed by atoms with Crippen molar-refractivity contribution in [3.05, 3.63) is 16.6 Å². The van der Waals surface area contributed by atoms with Gasteiger partial charge in [0.2, 0.25) is 0 Å². The maximum atomic E-state index is 6.27. The van der Waals surface area contributed by atoms with Gasteiger partial charge in [-0.15, -0.1) is 0 Å². The molecule has 0 radical (unpaired) electrons. The predicted molar refractivity (Wildman–Crippen MR) is 51.2 cm³/mol. The molecule has 0 bridgehead atoms. The summed E-state index contributed by atoms with van der Waals surface area (Å²) in [5.41, 5.74) is 8.59. The van der Waals surface area contributed by atoms with Gasteiger partial charge in [-0.05, 0) is 36.9 Å². The fourth-order valence-corrected chi connectivity index (χ4v) is 2.77. The maximum Gasteiger partial charge on any atom is 0.0769 e. The third kappa shape index (κ3) is 1.17. The van der Waals surface area contributed by atoms with Gasteiger partial charge in [0.1, 0.15) is 0 Å². The molecule has 0 unspecified atom stereocenters. The van der Waals surface area contributed by atoms with Crippen molar-refractivity contribution in [1.82, 2.24) is 4.37 Å². The van der Waals surface area contributed by atoms with Crippen LogP contribution in [0.3, 0.4) is 0 Å². The zero-order valence-electron chi connectivity index (χ0n) is 7.34. The van der Waals surface area contributed by atoms with Crippen LogP contribution in [0.25, 0.3) is 0 Å². The van der Waals surface area contributed by atoms with Crippen molar-refractivity contribution in [1.29, 1.82) is 0 Å². The van der Waals surface area contributed by atoms with Gasteiger partial charge in [0.05, 0.1) is 11.2 Å². The molecule has 1 aliphatic rings. The van der Waals surface area contributed by atoms with E-state index in [0.717, 1.165) is 18.5 Å². The van der Waals surface area contributed by atoms with Crippen LogP contribution in [0.15, 0.2) is 5.38 Å². The monoisotopic (exact) mass is 182 g/mol. The van der Waals surface area contributed by atoms with Gasteiger partial charge in [-0.2, -0.15) is 4.37 Å². The Morgan fingerprint density at radius 2 is 2.17 bits per heavy atom. The van der Waals surface area contributed by atoms with Gasteiger partial charge < -0.3 is 5.73 Å². The molecule has 1 saturated carbocycles. The lowest BCUT2D eigenvalue weighted by atomic mass is 9.92. The number of aryl methyl sites for hydroxylation is 1. The minimum Gasteiger partial charge on any atom is -0.320 e. The van der Waals surface area contributed by atoms with E-state index in [1.165, 1.54) is 29.9 Å². The highest BCUT2D eigenvalue weighted by atomic mass is 32.1. The summed E-state index contributed by atoms with van der Waals surface area (Å²) in [7, 11) is 0. The summed E-state index contributed by atoms with van der Waals surface area (Å²) in [5, 5.41) is 2.09. The summed E-state index contributed by atoms with van der Waals surface area (Å²) in [6, 6.07) is 0. The van der Waals surface area contributed by atoms with E-state index < -0.39 is 0 Å². The summed E-state index contributed by atoms with van der Waals surface area (Å²) in [5.74, 6) is 0. The highest BCUT2D eigenvalue weighted by Crippen LogP contribution is 2.37. The second-order valence-corrected chi connectivity index (χ2v) is 4.34. The van der Waals surface area contributed by atoms with Crippen molar-refractivity contribution in [2.75, 3.05) is 0 Å². The van der Waals surface area contributed by atoms with Gasteiger partial charge in [-0.1, -0.05) is 12.8 Å². The number of rotatable bonds is 1. The molecule has 1 aromatic heterocycles. The van der Waals surface area contributed by atoms with Gasteiger partial charge in [0.15, 0.2) is 0 Å². The third-order valence-electron chi connectivity index (χ3n) is 2.71. The van der Waals surface area contributed by atoms with Crippen LogP contribution in [0.2, 0.25) is 0 Å². The Kier molecular flexibility index (Phi) is 1.93. The molecule has 2 nitrogen and oxygen atoms in total. The van der Waals surface area contributed by atoms with Crippen LogP contribution in [0.5, 0.6) is 0 Å². The normalized spacial score (nSPS) is 21.5. The van der Waals surface area contributed by atoms with E-state index in [2.05, 4.69) is 16.7 Å². The molecule has 1 heterocycles. The lowest BCUT2D eigenvalue weighted by Gasteiger charge is -2.21. The molecule has 1 aliphatic carbocycles. The Morgan fingerprint density at radius 3 is 2.67 bits per heavy atom. The first-order valence-electron chi connectivity index (χ1n) is 4.43. The average Bonchev–Trinajstić information content (AvgIpc) is 2.59. The molecule has 0 atom stereocenters. The molecule has 0 aliphatic heterocycles. The van der Waals surface area contributed by atoms with Gasteiger partial charge in [-0.25, -0.2) is 0 Å². The summed E-state index contributed by atoms with van der Waals surface area (Å²) in [6.45, 7) is 2.10. The lowest BCUT2D eigenvalue weighted by molar-refractivity contribution is 0.449. The van der Waals surface area contributed by atoms with Crippen LogP contribution in [0.1, 0.15) is 36.9 Å². The highest BCUT2D eigenvalue weighted by Gasteiger charge is 2.34. The fraction of sp³-hybridized carbons (Fsp3) is 0.667. The molecular formula is C9H14N2S. The van der Waals surface area contributed by atoms with Crippen molar-refractivity contribution in [3.63, 3.8) is 0 Å². The van der Waals surface area contributed by atoms with Gasteiger partial charge in [0.25, 0.3) is 0 Å². The summed E-state index contributed by atoms with van der Waals surface area (Å²) < 4.78 is 4.39. The molecule has 0 spiro atoms. The minimum atomic E-state index is -0.0932. The van der Waals surface area contributed by atoms with E-state index in [1.54, 1.807) is 0 Å². The molecule has 1 aromatic rings. The van der Waals surface area contributed by atoms with E-state index in [0.29, 0.717) is 0 Å². The van der Waals surface area contributed by atoms with E-state index >= 15 is 0 Å². The Labute approximate surface area is 77.0 Å². The first kappa shape index (κ1) is 8.20. The minimum absolute atomic E-state index is 0.0932. The highest BCUT2D eigenvalue weighted by molar-refractivity contribution is 7.03. The molecule has 2 rings (SSSR count). The first-order chi connectivity index (χ1) is 5.72. The smallest absolute Gasteiger partial charge is 0.0769 e. The Morgan fingerprint density at radius 1 is 1.50 bits per heavy atom. The van der Waals surface area contributed by atoms with Crippen molar-refractivity contribution >= 4 is 11.5 Å². The Balaban J connectivity index is 2.34. The summed E-state index contributed by atoms with van der Waals surface area (Å²) in [6.07, 6.45) is 4.73. The predicted octanol–water partition coefficient (Wildman–Crippen LogP) is 2.18.